The summed E-state index contributed by atoms with van der Waals surface area (Å²) in [6.07, 6.45) is 1.87. The van der Waals surface area contributed by atoms with Gasteiger partial charge in [0.05, 0.1) is 13.2 Å². The molecule has 0 atom stereocenters. The van der Waals surface area contributed by atoms with Gasteiger partial charge in [-0.15, -0.1) is 0 Å². The highest BCUT2D eigenvalue weighted by Crippen LogP contribution is 2.56. The Morgan fingerprint density at radius 3 is 1.38 bits per heavy atom. The molecule has 1 fully saturated rings. The molecule has 0 aromatic heterocycles. The first-order valence-corrected chi connectivity index (χ1v) is 11.2. The van der Waals surface area contributed by atoms with E-state index < -0.39 is 7.26 Å². The van der Waals surface area contributed by atoms with Crippen LogP contribution in [0.15, 0.2) is 91.0 Å². The van der Waals surface area contributed by atoms with E-state index in [1.165, 1.54) is 15.9 Å². The largest absolute Gasteiger partial charge is 0.350 e. The minimum atomic E-state index is -1.77. The van der Waals surface area contributed by atoms with Crippen molar-refractivity contribution in [1.29, 1.82) is 0 Å². The summed E-state index contributed by atoms with van der Waals surface area (Å²) in [5.74, 6) is 0. The number of benzene rings is 3. The van der Waals surface area contributed by atoms with Crippen molar-refractivity contribution in [3.8, 4) is 0 Å². The molecule has 3 aromatic rings. The maximum atomic E-state index is 5.75. The van der Waals surface area contributed by atoms with Crippen LogP contribution in [0.5, 0.6) is 0 Å². The highest BCUT2D eigenvalue weighted by Gasteiger charge is 2.35. The Kier molecular flexibility index (Phi) is 5.45. The molecule has 0 aliphatic carbocycles. The van der Waals surface area contributed by atoms with Gasteiger partial charge in [0.15, 0.2) is 6.29 Å². The van der Waals surface area contributed by atoms with Crippen molar-refractivity contribution in [2.75, 3.05) is 19.4 Å². The average molecular weight is 363 g/mol. The monoisotopic (exact) mass is 363 g/mol. The molecule has 1 heterocycles. The summed E-state index contributed by atoms with van der Waals surface area (Å²) >= 11 is 0. The van der Waals surface area contributed by atoms with Gasteiger partial charge in [0.2, 0.25) is 0 Å². The molecule has 1 radical (unpaired) electrons. The highest BCUT2D eigenvalue weighted by molar-refractivity contribution is 7.95. The van der Waals surface area contributed by atoms with Crippen molar-refractivity contribution in [2.45, 2.75) is 12.7 Å². The Morgan fingerprint density at radius 2 is 1.00 bits per heavy atom. The Labute approximate surface area is 156 Å². The summed E-state index contributed by atoms with van der Waals surface area (Å²) in [4.78, 5) is 0. The number of hydrogen-bond donors (Lipinski definition) is 0. The average Bonchev–Trinajstić information content (AvgIpc) is 3.25. The summed E-state index contributed by atoms with van der Waals surface area (Å²) < 4.78 is 11.5. The Balaban J connectivity index is 1.84. The van der Waals surface area contributed by atoms with Crippen molar-refractivity contribution in [3.05, 3.63) is 91.0 Å². The van der Waals surface area contributed by atoms with E-state index in [4.69, 9.17) is 9.47 Å². The summed E-state index contributed by atoms with van der Waals surface area (Å²) in [6.45, 7) is 1.41. The summed E-state index contributed by atoms with van der Waals surface area (Å²) in [7, 11) is -1.77. The molecule has 26 heavy (non-hydrogen) atoms. The molecule has 0 amide bonds. The standard InChI is InChI=1S/C23H24O2P/c1-4-10-20(11-5-1)26(21-12-6-2-7-13-21,22-14-8-3-9-15-22)19-16-23-24-17-18-25-23/h1-15,23H,16-19H2. The predicted octanol–water partition coefficient (Wildman–Crippen LogP) is 3.74. The first-order valence-electron chi connectivity index (χ1n) is 9.18. The third-order valence-electron chi connectivity index (χ3n) is 4.98. The van der Waals surface area contributed by atoms with E-state index in [0.717, 1.165) is 12.6 Å². The fraction of sp³-hybridized carbons (Fsp3) is 0.217. The molecular formula is C23H24O2P. The predicted molar refractivity (Wildman–Crippen MR) is 110 cm³/mol. The van der Waals surface area contributed by atoms with Crippen LogP contribution < -0.4 is 15.9 Å². The first-order chi connectivity index (χ1) is 12.9. The van der Waals surface area contributed by atoms with Crippen LogP contribution in [0.1, 0.15) is 6.42 Å². The normalized spacial score (nSPS) is 15.2. The molecule has 3 aromatic carbocycles. The maximum Gasteiger partial charge on any atom is 0.158 e. The third kappa shape index (κ3) is 3.46. The zero-order valence-electron chi connectivity index (χ0n) is 14.8. The third-order valence-corrected chi connectivity index (χ3v) is 9.45. The topological polar surface area (TPSA) is 18.5 Å². The molecule has 1 aliphatic rings. The minimum Gasteiger partial charge on any atom is -0.350 e. The molecule has 4 rings (SSSR count). The highest BCUT2D eigenvalue weighted by atomic mass is 31.2. The zero-order chi connectivity index (χ0) is 17.7. The van der Waals surface area contributed by atoms with Crippen LogP contribution in [0.25, 0.3) is 0 Å². The van der Waals surface area contributed by atoms with E-state index in [2.05, 4.69) is 91.0 Å². The molecule has 2 nitrogen and oxygen atoms in total. The van der Waals surface area contributed by atoms with Gasteiger partial charge >= 0.3 is 0 Å². The van der Waals surface area contributed by atoms with E-state index in [-0.39, 0.29) is 6.29 Å². The van der Waals surface area contributed by atoms with E-state index in [1.807, 2.05) is 0 Å². The molecule has 3 heteroatoms. The van der Waals surface area contributed by atoms with Gasteiger partial charge in [0, 0.05) is 6.42 Å². The fourth-order valence-electron chi connectivity index (χ4n) is 3.75. The van der Waals surface area contributed by atoms with Crippen LogP contribution in [-0.4, -0.2) is 25.7 Å². The van der Waals surface area contributed by atoms with Crippen molar-refractivity contribution in [1.82, 2.24) is 0 Å². The number of ether oxygens (including phenoxy) is 2. The van der Waals surface area contributed by atoms with Gasteiger partial charge in [-0.05, 0) is 29.3 Å². The van der Waals surface area contributed by atoms with E-state index in [1.54, 1.807) is 0 Å². The van der Waals surface area contributed by atoms with Crippen LogP contribution in [-0.2, 0) is 9.47 Å². The van der Waals surface area contributed by atoms with Crippen LogP contribution in [0, 0.1) is 0 Å². The first kappa shape index (κ1) is 17.4. The second-order valence-electron chi connectivity index (χ2n) is 6.50. The fourth-order valence-corrected chi connectivity index (χ4v) is 8.07. The van der Waals surface area contributed by atoms with Crippen LogP contribution in [0.4, 0.5) is 0 Å². The lowest BCUT2D eigenvalue weighted by molar-refractivity contribution is -0.0423. The van der Waals surface area contributed by atoms with Gasteiger partial charge < -0.3 is 9.47 Å². The Hall–Kier alpha value is -1.99. The van der Waals surface area contributed by atoms with Crippen molar-refractivity contribution in [2.24, 2.45) is 0 Å². The van der Waals surface area contributed by atoms with Crippen LogP contribution >= 0.6 is 7.26 Å². The van der Waals surface area contributed by atoms with E-state index in [0.29, 0.717) is 13.2 Å². The number of hydrogen-bond acceptors (Lipinski definition) is 2. The Morgan fingerprint density at radius 1 is 0.615 bits per heavy atom. The molecule has 0 unspecified atom stereocenters. The maximum absolute atomic E-state index is 5.75. The Bertz CT molecular complexity index is 703. The molecule has 133 valence electrons. The van der Waals surface area contributed by atoms with Gasteiger partial charge in [-0.25, -0.2) is 0 Å². The molecular weight excluding hydrogens is 339 g/mol. The number of rotatable bonds is 6. The minimum absolute atomic E-state index is 0.0782. The lowest BCUT2D eigenvalue weighted by Gasteiger charge is -2.39. The lowest BCUT2D eigenvalue weighted by atomic mass is 10.3. The van der Waals surface area contributed by atoms with Crippen molar-refractivity contribution >= 4 is 23.2 Å². The zero-order valence-corrected chi connectivity index (χ0v) is 15.7. The van der Waals surface area contributed by atoms with Gasteiger partial charge in [-0.3, -0.25) is 0 Å². The smallest absolute Gasteiger partial charge is 0.158 e. The van der Waals surface area contributed by atoms with Crippen molar-refractivity contribution < 1.29 is 9.47 Å². The molecule has 0 spiro atoms. The van der Waals surface area contributed by atoms with Gasteiger partial charge in [0.25, 0.3) is 0 Å². The van der Waals surface area contributed by atoms with Gasteiger partial charge in [-0.2, -0.15) is 0 Å². The summed E-state index contributed by atoms with van der Waals surface area (Å²) in [6, 6.07) is 32.9. The van der Waals surface area contributed by atoms with Crippen LogP contribution in [0.3, 0.4) is 0 Å². The molecule has 0 N–H and O–H groups in total. The second-order valence-corrected chi connectivity index (χ2v) is 10.1. The molecule has 0 saturated carbocycles. The van der Waals surface area contributed by atoms with E-state index >= 15 is 0 Å². The molecule has 1 aliphatic heterocycles. The van der Waals surface area contributed by atoms with E-state index in [9.17, 15) is 0 Å². The summed E-state index contributed by atoms with van der Waals surface area (Å²) in [5.41, 5.74) is 0. The van der Waals surface area contributed by atoms with Crippen LogP contribution in [0.2, 0.25) is 0 Å². The lowest BCUT2D eigenvalue weighted by Crippen LogP contribution is -2.34. The second kappa shape index (κ2) is 8.14. The van der Waals surface area contributed by atoms with Gasteiger partial charge in [-0.1, -0.05) is 91.0 Å². The quantitative estimate of drug-likeness (QED) is 0.621. The van der Waals surface area contributed by atoms with Crippen molar-refractivity contribution in [3.63, 3.8) is 0 Å². The molecule has 1 saturated heterocycles. The summed E-state index contributed by atoms with van der Waals surface area (Å²) in [5, 5.41) is 4.24. The SMILES string of the molecule is c1ccc([P](CCC2OCCO2)(c2ccccc2)c2ccccc2)cc1. The molecule has 0 bridgehead atoms. The van der Waals surface area contributed by atoms with Gasteiger partial charge in [0.1, 0.15) is 0 Å².